The van der Waals surface area contributed by atoms with Crippen LogP contribution in [0.3, 0.4) is 0 Å². The van der Waals surface area contributed by atoms with E-state index < -0.39 is 0 Å². The minimum absolute atomic E-state index is 0.0486. The average molecular weight is 256 g/mol. The van der Waals surface area contributed by atoms with E-state index in [9.17, 15) is 4.79 Å². The van der Waals surface area contributed by atoms with Gasteiger partial charge in [0.25, 0.3) is 0 Å². The molecule has 4 nitrogen and oxygen atoms in total. The Balaban J connectivity index is 2.13. The van der Waals surface area contributed by atoms with Gasteiger partial charge in [0, 0.05) is 19.1 Å². The minimum atomic E-state index is -0.0970. The molecule has 0 spiro atoms. The van der Waals surface area contributed by atoms with Gasteiger partial charge in [0.1, 0.15) is 0 Å². The third kappa shape index (κ3) is 4.94. The van der Waals surface area contributed by atoms with Crippen LogP contribution in [0.25, 0.3) is 0 Å². The highest BCUT2D eigenvalue weighted by Gasteiger charge is 2.24. The molecule has 0 radical (unpaired) electrons. The zero-order valence-electron chi connectivity index (χ0n) is 12.2. The number of rotatable bonds is 7. The summed E-state index contributed by atoms with van der Waals surface area (Å²) in [6.07, 6.45) is 1.26. The number of hydrogen-bond acceptors (Lipinski definition) is 4. The van der Waals surface area contributed by atoms with Crippen LogP contribution in [-0.2, 0) is 9.53 Å². The second-order valence-corrected chi connectivity index (χ2v) is 5.55. The number of nitrogens with zero attached hydrogens (tertiary/aromatic N) is 1. The van der Waals surface area contributed by atoms with E-state index in [4.69, 9.17) is 4.74 Å². The quantitative estimate of drug-likeness (QED) is 0.701. The van der Waals surface area contributed by atoms with Crippen molar-refractivity contribution >= 4 is 5.97 Å². The molecule has 1 rings (SSSR count). The Morgan fingerprint density at radius 2 is 2.17 bits per heavy atom. The molecule has 0 amide bonds. The number of esters is 1. The number of ether oxygens (including phenoxy) is 1. The number of carbonyl (C=O) groups excluding carboxylic acids is 1. The summed E-state index contributed by atoms with van der Waals surface area (Å²) in [5.41, 5.74) is 0. The SMILES string of the molecule is CCOC(=O)C(C)CNCC1CCN(C(C)C)C1. The zero-order valence-corrected chi connectivity index (χ0v) is 12.2. The zero-order chi connectivity index (χ0) is 13.5. The van der Waals surface area contributed by atoms with Crippen LogP contribution >= 0.6 is 0 Å². The molecule has 2 unspecified atom stereocenters. The monoisotopic (exact) mass is 256 g/mol. The number of likely N-dealkylation sites (tertiary alicyclic amines) is 1. The summed E-state index contributed by atoms with van der Waals surface area (Å²) in [6.45, 7) is 12.8. The standard InChI is InChI=1S/C14H28N2O2/c1-5-18-14(17)12(4)8-15-9-13-6-7-16(10-13)11(2)3/h11-13,15H,5-10H2,1-4H3. The normalized spacial score (nSPS) is 22.4. The van der Waals surface area contributed by atoms with Crippen LogP contribution in [0.15, 0.2) is 0 Å². The molecular formula is C14H28N2O2. The molecule has 1 N–H and O–H groups in total. The molecule has 1 saturated heterocycles. The molecule has 1 fully saturated rings. The maximum atomic E-state index is 11.4. The van der Waals surface area contributed by atoms with Gasteiger partial charge >= 0.3 is 5.97 Å². The maximum Gasteiger partial charge on any atom is 0.309 e. The van der Waals surface area contributed by atoms with Crippen molar-refractivity contribution in [2.75, 3.05) is 32.8 Å². The summed E-state index contributed by atoms with van der Waals surface area (Å²) < 4.78 is 4.99. The van der Waals surface area contributed by atoms with E-state index in [0.29, 0.717) is 12.6 Å². The molecule has 1 aliphatic heterocycles. The molecule has 0 saturated carbocycles. The Hall–Kier alpha value is -0.610. The summed E-state index contributed by atoms with van der Waals surface area (Å²) in [6, 6.07) is 0.647. The first-order chi connectivity index (χ1) is 8.54. The lowest BCUT2D eigenvalue weighted by Gasteiger charge is -2.20. The van der Waals surface area contributed by atoms with Gasteiger partial charge in [-0.3, -0.25) is 4.79 Å². The van der Waals surface area contributed by atoms with Crippen LogP contribution < -0.4 is 5.32 Å². The van der Waals surface area contributed by atoms with Crippen molar-refractivity contribution in [2.45, 2.75) is 40.2 Å². The Labute approximate surface area is 111 Å². The number of hydrogen-bond donors (Lipinski definition) is 1. The fraction of sp³-hybridized carbons (Fsp3) is 0.929. The molecule has 0 aromatic rings. The lowest BCUT2D eigenvalue weighted by molar-refractivity contribution is -0.147. The summed E-state index contributed by atoms with van der Waals surface area (Å²) in [5.74, 6) is 0.578. The van der Waals surface area contributed by atoms with Gasteiger partial charge in [-0.15, -0.1) is 0 Å². The Bertz CT molecular complexity index is 256. The maximum absolute atomic E-state index is 11.4. The van der Waals surface area contributed by atoms with Crippen LogP contribution in [0.1, 0.15) is 34.1 Å². The smallest absolute Gasteiger partial charge is 0.309 e. The second kappa shape index (κ2) is 7.74. The fourth-order valence-electron chi connectivity index (χ4n) is 2.37. The summed E-state index contributed by atoms with van der Waals surface area (Å²) in [5, 5.41) is 3.40. The van der Waals surface area contributed by atoms with Gasteiger partial charge in [-0.2, -0.15) is 0 Å². The summed E-state index contributed by atoms with van der Waals surface area (Å²) >= 11 is 0. The molecule has 4 heteroatoms. The second-order valence-electron chi connectivity index (χ2n) is 5.55. The van der Waals surface area contributed by atoms with Crippen molar-refractivity contribution in [3.8, 4) is 0 Å². The Morgan fingerprint density at radius 1 is 1.44 bits per heavy atom. The average Bonchev–Trinajstić information content (AvgIpc) is 2.78. The minimum Gasteiger partial charge on any atom is -0.466 e. The van der Waals surface area contributed by atoms with Crippen LogP contribution in [0, 0.1) is 11.8 Å². The van der Waals surface area contributed by atoms with Crippen molar-refractivity contribution in [3.05, 3.63) is 0 Å². The Morgan fingerprint density at radius 3 is 2.72 bits per heavy atom. The van der Waals surface area contributed by atoms with Crippen molar-refractivity contribution < 1.29 is 9.53 Å². The van der Waals surface area contributed by atoms with E-state index >= 15 is 0 Å². The first-order valence-electron chi connectivity index (χ1n) is 7.16. The van der Waals surface area contributed by atoms with Crippen LogP contribution in [0.4, 0.5) is 0 Å². The molecule has 18 heavy (non-hydrogen) atoms. The van der Waals surface area contributed by atoms with Crippen LogP contribution in [-0.4, -0.2) is 49.7 Å². The first kappa shape index (κ1) is 15.4. The largest absolute Gasteiger partial charge is 0.466 e. The highest BCUT2D eigenvalue weighted by molar-refractivity contribution is 5.72. The van der Waals surface area contributed by atoms with Crippen molar-refractivity contribution in [2.24, 2.45) is 11.8 Å². The van der Waals surface area contributed by atoms with E-state index in [1.807, 2.05) is 13.8 Å². The predicted octanol–water partition coefficient (Wildman–Crippen LogP) is 1.51. The molecule has 1 heterocycles. The third-order valence-electron chi connectivity index (χ3n) is 3.62. The van der Waals surface area contributed by atoms with E-state index in [2.05, 4.69) is 24.1 Å². The lowest BCUT2D eigenvalue weighted by atomic mass is 10.1. The third-order valence-corrected chi connectivity index (χ3v) is 3.62. The highest BCUT2D eigenvalue weighted by atomic mass is 16.5. The van der Waals surface area contributed by atoms with Crippen LogP contribution in [0.2, 0.25) is 0 Å². The van der Waals surface area contributed by atoms with E-state index in [-0.39, 0.29) is 11.9 Å². The van der Waals surface area contributed by atoms with Gasteiger partial charge in [-0.05, 0) is 46.2 Å². The van der Waals surface area contributed by atoms with Crippen LogP contribution in [0.5, 0.6) is 0 Å². The molecule has 0 aromatic carbocycles. The van der Waals surface area contributed by atoms with Gasteiger partial charge < -0.3 is 15.0 Å². The van der Waals surface area contributed by atoms with Gasteiger partial charge in [-0.25, -0.2) is 0 Å². The van der Waals surface area contributed by atoms with Crippen molar-refractivity contribution in [1.29, 1.82) is 0 Å². The van der Waals surface area contributed by atoms with E-state index in [0.717, 1.165) is 19.0 Å². The molecule has 0 bridgehead atoms. The fourth-order valence-corrected chi connectivity index (χ4v) is 2.37. The van der Waals surface area contributed by atoms with Crippen molar-refractivity contribution in [1.82, 2.24) is 10.2 Å². The van der Waals surface area contributed by atoms with Crippen molar-refractivity contribution in [3.63, 3.8) is 0 Å². The topological polar surface area (TPSA) is 41.6 Å². The molecule has 1 aliphatic rings. The van der Waals surface area contributed by atoms with E-state index in [1.54, 1.807) is 0 Å². The Kier molecular flexibility index (Phi) is 6.65. The van der Waals surface area contributed by atoms with Gasteiger partial charge in [0.15, 0.2) is 0 Å². The summed E-state index contributed by atoms with van der Waals surface area (Å²) in [4.78, 5) is 14.0. The molecular weight excluding hydrogens is 228 g/mol. The van der Waals surface area contributed by atoms with E-state index in [1.165, 1.54) is 19.5 Å². The molecule has 0 aromatic heterocycles. The van der Waals surface area contributed by atoms with Gasteiger partial charge in [0.2, 0.25) is 0 Å². The predicted molar refractivity (Wildman–Crippen MR) is 73.5 cm³/mol. The first-order valence-corrected chi connectivity index (χ1v) is 7.16. The summed E-state index contributed by atoms with van der Waals surface area (Å²) in [7, 11) is 0. The number of carbonyl (C=O) groups is 1. The molecule has 2 atom stereocenters. The lowest BCUT2D eigenvalue weighted by Crippen LogP contribution is -2.33. The van der Waals surface area contributed by atoms with Gasteiger partial charge in [0.05, 0.1) is 12.5 Å². The molecule has 106 valence electrons. The van der Waals surface area contributed by atoms with Gasteiger partial charge in [-0.1, -0.05) is 6.92 Å². The molecule has 0 aliphatic carbocycles. The highest BCUT2D eigenvalue weighted by Crippen LogP contribution is 2.17. The number of nitrogens with one attached hydrogen (secondary N) is 1.